The molecule has 0 aliphatic carbocycles. The van der Waals surface area contributed by atoms with Gasteiger partial charge in [-0.3, -0.25) is 4.84 Å². The molecule has 1 aliphatic rings. The summed E-state index contributed by atoms with van der Waals surface area (Å²) in [5.74, 6) is 6.35. The van der Waals surface area contributed by atoms with Crippen molar-refractivity contribution < 1.29 is 14.3 Å². The highest BCUT2D eigenvalue weighted by Gasteiger charge is 2.20. The number of hydrogen-bond acceptors (Lipinski definition) is 4. The van der Waals surface area contributed by atoms with Gasteiger partial charge in [-0.2, -0.15) is 0 Å². The van der Waals surface area contributed by atoms with Crippen LogP contribution in [-0.4, -0.2) is 13.2 Å². The standard InChI is InChI=1S/C10H12ClNO3/c1-6-7(5-15-12)4-8(11)10-9(6)13-2-3-14-10/h4H,2-3,5,12H2,1H3. The Kier molecular flexibility index (Phi) is 3.00. The first-order valence-corrected chi connectivity index (χ1v) is 5.01. The van der Waals surface area contributed by atoms with E-state index in [0.717, 1.165) is 11.1 Å². The fourth-order valence-corrected chi connectivity index (χ4v) is 1.86. The molecule has 0 unspecified atom stereocenters. The normalized spacial score (nSPS) is 14.1. The number of fused-ring (bicyclic) bond motifs is 1. The fourth-order valence-electron chi connectivity index (χ4n) is 1.59. The topological polar surface area (TPSA) is 53.7 Å². The van der Waals surface area contributed by atoms with Crippen LogP contribution in [0.3, 0.4) is 0 Å². The second-order valence-electron chi connectivity index (χ2n) is 3.31. The van der Waals surface area contributed by atoms with E-state index in [1.165, 1.54) is 0 Å². The Bertz CT molecular complexity index is 381. The van der Waals surface area contributed by atoms with Crippen molar-refractivity contribution in [2.75, 3.05) is 13.2 Å². The highest BCUT2D eigenvalue weighted by molar-refractivity contribution is 6.32. The predicted molar refractivity (Wildman–Crippen MR) is 56.2 cm³/mol. The SMILES string of the molecule is Cc1c(CON)cc(Cl)c2c1OCCO2. The summed E-state index contributed by atoms with van der Waals surface area (Å²) in [7, 11) is 0. The van der Waals surface area contributed by atoms with Crippen molar-refractivity contribution in [1.82, 2.24) is 0 Å². The lowest BCUT2D eigenvalue weighted by Gasteiger charge is -2.22. The quantitative estimate of drug-likeness (QED) is 0.786. The van der Waals surface area contributed by atoms with Crippen LogP contribution in [0.1, 0.15) is 11.1 Å². The van der Waals surface area contributed by atoms with Gasteiger partial charge < -0.3 is 9.47 Å². The molecule has 1 aromatic carbocycles. The zero-order chi connectivity index (χ0) is 10.8. The lowest BCUT2D eigenvalue weighted by atomic mass is 10.1. The molecule has 0 saturated carbocycles. The van der Waals surface area contributed by atoms with Crippen molar-refractivity contribution in [2.45, 2.75) is 13.5 Å². The summed E-state index contributed by atoms with van der Waals surface area (Å²) in [6.07, 6.45) is 0. The monoisotopic (exact) mass is 229 g/mol. The molecule has 82 valence electrons. The van der Waals surface area contributed by atoms with Gasteiger partial charge in [0.15, 0.2) is 11.5 Å². The molecule has 0 bridgehead atoms. The van der Waals surface area contributed by atoms with Crippen molar-refractivity contribution in [3.63, 3.8) is 0 Å². The maximum Gasteiger partial charge on any atom is 0.180 e. The van der Waals surface area contributed by atoms with Gasteiger partial charge in [0.25, 0.3) is 0 Å². The summed E-state index contributed by atoms with van der Waals surface area (Å²) < 4.78 is 11.0. The van der Waals surface area contributed by atoms with Crippen LogP contribution in [0.4, 0.5) is 0 Å². The lowest BCUT2D eigenvalue weighted by molar-refractivity contribution is 0.122. The zero-order valence-corrected chi connectivity index (χ0v) is 9.13. The Morgan fingerprint density at radius 2 is 2.07 bits per heavy atom. The van der Waals surface area contributed by atoms with E-state index in [4.69, 9.17) is 27.0 Å². The number of ether oxygens (including phenoxy) is 2. The minimum atomic E-state index is 0.308. The second-order valence-corrected chi connectivity index (χ2v) is 3.72. The molecule has 5 heteroatoms. The molecule has 0 spiro atoms. The minimum absolute atomic E-state index is 0.308. The molecular formula is C10H12ClNO3. The minimum Gasteiger partial charge on any atom is -0.486 e. The van der Waals surface area contributed by atoms with Crippen LogP contribution in [0.15, 0.2) is 6.07 Å². The van der Waals surface area contributed by atoms with Gasteiger partial charge in [0.05, 0.1) is 11.6 Å². The lowest BCUT2D eigenvalue weighted by Crippen LogP contribution is -2.17. The van der Waals surface area contributed by atoms with E-state index < -0.39 is 0 Å². The summed E-state index contributed by atoms with van der Waals surface area (Å²) >= 11 is 6.05. The number of rotatable bonds is 2. The van der Waals surface area contributed by atoms with Gasteiger partial charge >= 0.3 is 0 Å². The number of hydrogen-bond donors (Lipinski definition) is 1. The highest BCUT2D eigenvalue weighted by Crippen LogP contribution is 2.41. The van der Waals surface area contributed by atoms with Gasteiger partial charge in [-0.15, -0.1) is 0 Å². The van der Waals surface area contributed by atoms with Crippen LogP contribution in [-0.2, 0) is 11.4 Å². The van der Waals surface area contributed by atoms with Crippen molar-refractivity contribution in [3.8, 4) is 11.5 Å². The predicted octanol–water partition coefficient (Wildman–Crippen LogP) is 1.81. The summed E-state index contributed by atoms with van der Waals surface area (Å²) in [5, 5.41) is 0.530. The van der Waals surface area contributed by atoms with Crippen LogP contribution >= 0.6 is 11.6 Å². The van der Waals surface area contributed by atoms with E-state index >= 15 is 0 Å². The molecule has 0 amide bonds. The Hall–Kier alpha value is -0.970. The first kappa shape index (κ1) is 10.5. The third-order valence-electron chi connectivity index (χ3n) is 2.36. The highest BCUT2D eigenvalue weighted by atomic mass is 35.5. The largest absolute Gasteiger partial charge is 0.486 e. The number of benzene rings is 1. The van der Waals surface area contributed by atoms with E-state index in [2.05, 4.69) is 4.84 Å². The van der Waals surface area contributed by atoms with Gasteiger partial charge in [-0.1, -0.05) is 11.6 Å². The molecule has 2 rings (SSSR count). The first-order valence-electron chi connectivity index (χ1n) is 4.63. The molecule has 15 heavy (non-hydrogen) atoms. The summed E-state index contributed by atoms with van der Waals surface area (Å²) in [6.45, 7) is 3.30. The molecule has 0 fully saturated rings. The molecule has 0 radical (unpaired) electrons. The van der Waals surface area contributed by atoms with E-state index in [0.29, 0.717) is 36.3 Å². The Morgan fingerprint density at radius 3 is 2.73 bits per heavy atom. The molecule has 4 nitrogen and oxygen atoms in total. The number of halogens is 1. The van der Waals surface area contributed by atoms with E-state index in [9.17, 15) is 0 Å². The third kappa shape index (κ3) is 1.88. The number of nitrogens with two attached hydrogens (primary N) is 1. The van der Waals surface area contributed by atoms with Gasteiger partial charge in [-0.25, -0.2) is 5.90 Å². The van der Waals surface area contributed by atoms with Crippen LogP contribution in [0.25, 0.3) is 0 Å². The molecular weight excluding hydrogens is 218 g/mol. The molecule has 1 heterocycles. The Labute approximate surface area is 92.8 Å². The third-order valence-corrected chi connectivity index (χ3v) is 2.64. The molecule has 0 atom stereocenters. The van der Waals surface area contributed by atoms with Gasteiger partial charge in [0.1, 0.15) is 13.2 Å². The summed E-state index contributed by atoms with van der Waals surface area (Å²) in [5.41, 5.74) is 1.87. The zero-order valence-electron chi connectivity index (χ0n) is 8.38. The molecule has 2 N–H and O–H groups in total. The Morgan fingerprint density at radius 1 is 1.40 bits per heavy atom. The first-order chi connectivity index (χ1) is 7.24. The second kappa shape index (κ2) is 4.26. The van der Waals surface area contributed by atoms with Crippen molar-refractivity contribution in [3.05, 3.63) is 22.2 Å². The van der Waals surface area contributed by atoms with Crippen molar-refractivity contribution in [2.24, 2.45) is 5.90 Å². The average molecular weight is 230 g/mol. The van der Waals surface area contributed by atoms with Crippen LogP contribution in [0.5, 0.6) is 11.5 Å². The maximum atomic E-state index is 6.05. The average Bonchev–Trinajstić information content (AvgIpc) is 2.26. The summed E-state index contributed by atoms with van der Waals surface area (Å²) in [4.78, 5) is 4.60. The van der Waals surface area contributed by atoms with Gasteiger partial charge in [0.2, 0.25) is 0 Å². The van der Waals surface area contributed by atoms with E-state index in [1.807, 2.05) is 6.92 Å². The molecule has 1 aliphatic heterocycles. The van der Waals surface area contributed by atoms with Gasteiger partial charge in [-0.05, 0) is 18.6 Å². The van der Waals surface area contributed by atoms with E-state index in [1.54, 1.807) is 6.07 Å². The summed E-state index contributed by atoms with van der Waals surface area (Å²) in [6, 6.07) is 1.79. The van der Waals surface area contributed by atoms with E-state index in [-0.39, 0.29) is 0 Å². The molecule has 0 aromatic heterocycles. The molecule has 0 saturated heterocycles. The van der Waals surface area contributed by atoms with Crippen LogP contribution in [0.2, 0.25) is 5.02 Å². The van der Waals surface area contributed by atoms with Crippen molar-refractivity contribution in [1.29, 1.82) is 0 Å². The maximum absolute atomic E-state index is 6.05. The smallest absolute Gasteiger partial charge is 0.180 e. The van der Waals surface area contributed by atoms with Crippen LogP contribution < -0.4 is 15.4 Å². The molecule has 1 aromatic rings. The van der Waals surface area contributed by atoms with Gasteiger partial charge in [0, 0.05) is 5.56 Å². The fraction of sp³-hybridized carbons (Fsp3) is 0.400. The Balaban J connectivity index is 2.49. The van der Waals surface area contributed by atoms with Crippen molar-refractivity contribution >= 4 is 11.6 Å². The van der Waals surface area contributed by atoms with Crippen LogP contribution in [0, 0.1) is 6.92 Å².